The highest BCUT2D eigenvalue weighted by Gasteiger charge is 2.47. The van der Waals surface area contributed by atoms with Crippen molar-refractivity contribution in [3.8, 4) is 0 Å². The van der Waals surface area contributed by atoms with Crippen LogP contribution in [0, 0.1) is 0 Å². The van der Waals surface area contributed by atoms with E-state index in [0.717, 1.165) is 83.5 Å². The Labute approximate surface area is 405 Å². The molecule has 15 nitrogen and oxygen atoms in total. The SMILES string of the molecule is CC/C=C\C/C=C\C/C=C\C/C=C\C/C=C\CCCC(=O)OC(COC(=O)CCCCCCC/C=C\C/C=C\C/C=C\CC)COC1OC(COC2OC(CO)C(O)C(O)C2O)C(O)C(O)C1O. The van der Waals surface area contributed by atoms with Crippen LogP contribution in [-0.4, -0.2) is 142 Å². The van der Waals surface area contributed by atoms with Crippen molar-refractivity contribution in [2.24, 2.45) is 0 Å². The molecule has 68 heavy (non-hydrogen) atoms. The molecule has 0 aromatic carbocycles. The molecule has 0 spiro atoms. The molecule has 2 aliphatic rings. The van der Waals surface area contributed by atoms with Gasteiger partial charge < -0.3 is 64.2 Å². The van der Waals surface area contributed by atoms with Gasteiger partial charge in [-0.1, -0.05) is 130 Å². The minimum absolute atomic E-state index is 0.0767. The summed E-state index contributed by atoms with van der Waals surface area (Å²) in [4.78, 5) is 25.7. The maximum atomic E-state index is 13.0. The number of carbonyl (C=O) groups is 2. The molecule has 0 amide bonds. The molecule has 0 radical (unpaired) electrons. The van der Waals surface area contributed by atoms with Crippen LogP contribution in [0.2, 0.25) is 0 Å². The summed E-state index contributed by atoms with van der Waals surface area (Å²) in [5.41, 5.74) is 0. The quantitative estimate of drug-likeness (QED) is 0.0200. The van der Waals surface area contributed by atoms with E-state index in [1.807, 2.05) is 12.2 Å². The van der Waals surface area contributed by atoms with E-state index in [1.165, 1.54) is 0 Å². The normalized spacial score (nSPS) is 26.6. The average Bonchev–Trinajstić information content (AvgIpc) is 3.33. The van der Waals surface area contributed by atoms with E-state index in [1.54, 1.807) is 0 Å². The molecule has 11 unspecified atom stereocenters. The summed E-state index contributed by atoms with van der Waals surface area (Å²) in [5.74, 6) is -1.02. The molecule has 386 valence electrons. The Morgan fingerprint density at radius 3 is 1.43 bits per heavy atom. The number of hydrogen-bond donors (Lipinski definition) is 7. The molecule has 11 atom stereocenters. The van der Waals surface area contributed by atoms with Crippen molar-refractivity contribution < 1.29 is 73.8 Å². The van der Waals surface area contributed by atoms with Crippen LogP contribution in [0.3, 0.4) is 0 Å². The summed E-state index contributed by atoms with van der Waals surface area (Å²) in [6.45, 7) is 2.25. The molecular formula is C53H84O15. The molecule has 0 aromatic rings. The number of rotatable bonds is 36. The molecule has 0 aromatic heterocycles. The number of allylic oxidation sites excluding steroid dienone is 16. The van der Waals surface area contributed by atoms with Gasteiger partial charge in [0.1, 0.15) is 55.4 Å². The van der Waals surface area contributed by atoms with Crippen molar-refractivity contribution in [1.82, 2.24) is 0 Å². The Hall–Kier alpha value is -3.58. The van der Waals surface area contributed by atoms with Crippen LogP contribution in [-0.2, 0) is 38.0 Å². The summed E-state index contributed by atoms with van der Waals surface area (Å²) < 4.78 is 33.4. The summed E-state index contributed by atoms with van der Waals surface area (Å²) in [6.07, 6.45) is 31.6. The van der Waals surface area contributed by atoms with Crippen molar-refractivity contribution >= 4 is 11.9 Å². The number of esters is 2. The van der Waals surface area contributed by atoms with Crippen LogP contribution in [0.15, 0.2) is 97.2 Å². The van der Waals surface area contributed by atoms with Gasteiger partial charge in [0.2, 0.25) is 0 Å². The molecule has 2 saturated heterocycles. The van der Waals surface area contributed by atoms with Crippen LogP contribution in [0.1, 0.15) is 129 Å². The third-order valence-electron chi connectivity index (χ3n) is 11.1. The average molecular weight is 961 g/mol. The second-order valence-corrected chi connectivity index (χ2v) is 16.9. The van der Waals surface area contributed by atoms with Crippen LogP contribution in [0.5, 0.6) is 0 Å². The van der Waals surface area contributed by atoms with Gasteiger partial charge in [-0.3, -0.25) is 9.59 Å². The summed E-state index contributed by atoms with van der Waals surface area (Å²) >= 11 is 0. The van der Waals surface area contributed by atoms with E-state index in [9.17, 15) is 45.3 Å². The van der Waals surface area contributed by atoms with Gasteiger partial charge in [0.15, 0.2) is 18.7 Å². The molecular weight excluding hydrogens is 877 g/mol. The Kier molecular flexibility index (Phi) is 34.9. The van der Waals surface area contributed by atoms with Crippen LogP contribution in [0.25, 0.3) is 0 Å². The number of ether oxygens (including phenoxy) is 6. The van der Waals surface area contributed by atoms with Crippen molar-refractivity contribution in [2.75, 3.05) is 26.4 Å². The van der Waals surface area contributed by atoms with E-state index in [4.69, 9.17) is 28.4 Å². The van der Waals surface area contributed by atoms with Crippen molar-refractivity contribution in [3.63, 3.8) is 0 Å². The zero-order valence-corrected chi connectivity index (χ0v) is 40.5. The zero-order valence-electron chi connectivity index (χ0n) is 40.5. The van der Waals surface area contributed by atoms with Crippen LogP contribution >= 0.6 is 0 Å². The van der Waals surface area contributed by atoms with Gasteiger partial charge in [-0.15, -0.1) is 0 Å². The number of aliphatic hydroxyl groups is 7. The van der Waals surface area contributed by atoms with E-state index in [2.05, 4.69) is 98.9 Å². The van der Waals surface area contributed by atoms with Crippen LogP contribution in [0.4, 0.5) is 0 Å². The van der Waals surface area contributed by atoms with Crippen molar-refractivity contribution in [3.05, 3.63) is 97.2 Å². The molecule has 2 fully saturated rings. The number of aliphatic hydroxyl groups excluding tert-OH is 7. The molecule has 2 aliphatic heterocycles. The summed E-state index contributed by atoms with van der Waals surface area (Å²) in [7, 11) is 0. The smallest absolute Gasteiger partial charge is 0.306 e. The third-order valence-corrected chi connectivity index (χ3v) is 11.1. The maximum absolute atomic E-state index is 13.0. The molecule has 0 aliphatic carbocycles. The lowest BCUT2D eigenvalue weighted by molar-refractivity contribution is -0.332. The van der Waals surface area contributed by atoms with Crippen molar-refractivity contribution in [1.29, 1.82) is 0 Å². The van der Waals surface area contributed by atoms with Crippen molar-refractivity contribution in [2.45, 2.75) is 197 Å². The summed E-state index contributed by atoms with van der Waals surface area (Å²) in [5, 5.41) is 72.0. The Balaban J connectivity index is 1.86. The third kappa shape index (κ3) is 27.0. The lowest BCUT2D eigenvalue weighted by Crippen LogP contribution is -2.61. The van der Waals surface area contributed by atoms with E-state index in [-0.39, 0.29) is 19.4 Å². The molecule has 2 rings (SSSR count). The first-order valence-corrected chi connectivity index (χ1v) is 24.8. The van der Waals surface area contributed by atoms with Gasteiger partial charge in [0.25, 0.3) is 0 Å². The second kappa shape index (κ2) is 39.2. The monoisotopic (exact) mass is 961 g/mol. The molecule has 15 heteroatoms. The fourth-order valence-corrected chi connectivity index (χ4v) is 7.03. The van der Waals surface area contributed by atoms with Gasteiger partial charge in [-0.05, 0) is 83.5 Å². The fraction of sp³-hybridized carbons (Fsp3) is 0.660. The minimum atomic E-state index is -1.78. The number of hydrogen-bond acceptors (Lipinski definition) is 15. The maximum Gasteiger partial charge on any atom is 0.306 e. The highest BCUT2D eigenvalue weighted by Crippen LogP contribution is 2.26. The standard InChI is InChI=1S/C53H84O15/c1-3-5-7-9-11-13-15-17-19-20-22-24-26-28-30-32-34-36-45(56)66-41(38-63-44(55)35-33-31-29-27-25-23-21-18-16-14-12-10-8-6-4-2)39-64-52-51(62)49(60)47(58)43(68-52)40-65-53-50(61)48(59)46(57)42(37-54)67-53/h5-8,11-14,17-19,21-22,24,28,30,41-43,46-54,57-62H,3-4,9-10,15-16,20,23,25-27,29,31-40H2,1-2H3/b7-5-,8-6-,13-11-,14-12-,19-17-,21-18-,24-22-,30-28-. The first-order chi connectivity index (χ1) is 33.0. The molecule has 7 N–H and O–H groups in total. The number of unbranched alkanes of at least 4 members (excludes halogenated alkanes) is 6. The van der Waals surface area contributed by atoms with Gasteiger partial charge >= 0.3 is 11.9 Å². The molecule has 0 saturated carbocycles. The molecule has 2 heterocycles. The largest absolute Gasteiger partial charge is 0.462 e. The lowest BCUT2D eigenvalue weighted by Gasteiger charge is -2.42. The minimum Gasteiger partial charge on any atom is -0.462 e. The lowest BCUT2D eigenvalue weighted by atomic mass is 9.98. The summed E-state index contributed by atoms with van der Waals surface area (Å²) in [6, 6.07) is 0. The van der Waals surface area contributed by atoms with Gasteiger partial charge in [0, 0.05) is 12.8 Å². The van der Waals surface area contributed by atoms with Crippen LogP contribution < -0.4 is 0 Å². The highest BCUT2D eigenvalue weighted by atomic mass is 16.7. The molecule has 0 bridgehead atoms. The van der Waals surface area contributed by atoms with Gasteiger partial charge in [0.05, 0.1) is 19.8 Å². The predicted molar refractivity (Wildman–Crippen MR) is 261 cm³/mol. The van der Waals surface area contributed by atoms with E-state index >= 15 is 0 Å². The van der Waals surface area contributed by atoms with E-state index in [0.29, 0.717) is 19.3 Å². The predicted octanol–water partition coefficient (Wildman–Crippen LogP) is 6.59. The topological polar surface area (TPSA) is 231 Å². The highest BCUT2D eigenvalue weighted by molar-refractivity contribution is 5.70. The van der Waals surface area contributed by atoms with Gasteiger partial charge in [-0.2, -0.15) is 0 Å². The Bertz CT molecular complexity index is 1550. The first-order valence-electron chi connectivity index (χ1n) is 24.8. The Morgan fingerprint density at radius 1 is 0.471 bits per heavy atom. The Morgan fingerprint density at radius 2 is 0.897 bits per heavy atom. The number of carbonyl (C=O) groups excluding carboxylic acids is 2. The fourth-order valence-electron chi connectivity index (χ4n) is 7.03. The second-order valence-electron chi connectivity index (χ2n) is 16.9. The van der Waals surface area contributed by atoms with E-state index < -0.39 is 99.3 Å². The zero-order chi connectivity index (χ0) is 49.6. The van der Waals surface area contributed by atoms with Gasteiger partial charge in [-0.25, -0.2) is 0 Å². The first kappa shape index (κ1) is 60.5.